The molecule has 1 fully saturated rings. The van der Waals surface area contributed by atoms with E-state index in [4.69, 9.17) is 5.73 Å². The summed E-state index contributed by atoms with van der Waals surface area (Å²) in [5, 5.41) is 4.11. The van der Waals surface area contributed by atoms with Gasteiger partial charge in [-0.3, -0.25) is 4.68 Å². The number of nitrogen functional groups attached to an aromatic ring is 1. The van der Waals surface area contributed by atoms with Gasteiger partial charge in [0, 0.05) is 48.7 Å². The average Bonchev–Trinajstić information content (AvgIpc) is 2.96. The fourth-order valence-electron chi connectivity index (χ4n) is 2.51. The zero-order valence-corrected chi connectivity index (χ0v) is 11.2. The minimum absolute atomic E-state index is 0.0976. The fraction of sp³-hybridized carbons (Fsp3) is 0.357. The Morgan fingerprint density at radius 1 is 1.35 bits per heavy atom. The molecule has 20 heavy (non-hydrogen) atoms. The molecule has 1 aromatic heterocycles. The van der Waals surface area contributed by atoms with Gasteiger partial charge in [0.15, 0.2) is 0 Å². The summed E-state index contributed by atoms with van der Waals surface area (Å²) in [6.07, 6.45) is 3.47. The number of rotatable bonds is 2. The molecule has 0 atom stereocenters. The van der Waals surface area contributed by atoms with Crippen LogP contribution >= 0.6 is 0 Å². The average molecular weight is 278 g/mol. The standard InChI is InChI=1S/C14H16F2N4/c1-19-8-10(7-18-19)12-6-11(2-3-13(12)17)20-5-4-14(15,16)9-20/h2-3,6-8H,4-5,9,17H2,1H3. The number of nitrogens with zero attached hydrogens (tertiary/aromatic N) is 3. The zero-order valence-electron chi connectivity index (χ0n) is 11.2. The SMILES string of the molecule is Cn1cc(-c2cc(N3CCC(F)(F)C3)ccc2N)cn1. The summed E-state index contributed by atoms with van der Waals surface area (Å²) in [6.45, 7) is 0.132. The predicted octanol–water partition coefficient (Wildman–Crippen LogP) is 2.51. The van der Waals surface area contributed by atoms with Crippen molar-refractivity contribution in [2.75, 3.05) is 23.7 Å². The van der Waals surface area contributed by atoms with Crippen molar-refractivity contribution in [3.63, 3.8) is 0 Å². The maximum Gasteiger partial charge on any atom is 0.266 e. The van der Waals surface area contributed by atoms with Crippen LogP contribution in [-0.2, 0) is 7.05 Å². The van der Waals surface area contributed by atoms with Gasteiger partial charge in [0.05, 0.1) is 12.7 Å². The van der Waals surface area contributed by atoms with E-state index in [9.17, 15) is 8.78 Å². The lowest BCUT2D eigenvalue weighted by molar-refractivity contribution is 0.0257. The third-order valence-electron chi connectivity index (χ3n) is 3.59. The summed E-state index contributed by atoms with van der Waals surface area (Å²) in [7, 11) is 1.82. The maximum absolute atomic E-state index is 13.3. The quantitative estimate of drug-likeness (QED) is 0.859. The molecule has 0 aliphatic carbocycles. The van der Waals surface area contributed by atoms with Crippen LogP contribution in [0.15, 0.2) is 30.6 Å². The molecular weight excluding hydrogens is 262 g/mol. The Kier molecular flexibility index (Phi) is 2.88. The van der Waals surface area contributed by atoms with Gasteiger partial charge >= 0.3 is 0 Å². The number of hydrogen-bond acceptors (Lipinski definition) is 3. The lowest BCUT2D eigenvalue weighted by Gasteiger charge is -2.19. The van der Waals surface area contributed by atoms with Crippen LogP contribution in [0.4, 0.5) is 20.2 Å². The minimum Gasteiger partial charge on any atom is -0.398 e. The Morgan fingerprint density at radius 2 is 2.15 bits per heavy atom. The summed E-state index contributed by atoms with van der Waals surface area (Å²) in [4.78, 5) is 1.69. The van der Waals surface area contributed by atoms with Gasteiger partial charge in [0.25, 0.3) is 5.92 Å². The van der Waals surface area contributed by atoms with Crippen LogP contribution in [0, 0.1) is 0 Å². The molecule has 0 radical (unpaired) electrons. The molecule has 2 aromatic rings. The Hall–Kier alpha value is -2.11. The molecule has 1 saturated heterocycles. The van der Waals surface area contributed by atoms with E-state index in [0.29, 0.717) is 12.2 Å². The van der Waals surface area contributed by atoms with Crippen molar-refractivity contribution in [3.8, 4) is 11.1 Å². The largest absolute Gasteiger partial charge is 0.398 e. The highest BCUT2D eigenvalue weighted by atomic mass is 19.3. The van der Waals surface area contributed by atoms with Gasteiger partial charge in [-0.2, -0.15) is 5.10 Å². The Balaban J connectivity index is 1.95. The van der Waals surface area contributed by atoms with Crippen molar-refractivity contribution in [1.29, 1.82) is 0 Å². The normalized spacial score (nSPS) is 17.6. The van der Waals surface area contributed by atoms with Crippen LogP contribution in [0.25, 0.3) is 11.1 Å². The van der Waals surface area contributed by atoms with E-state index in [1.165, 1.54) is 0 Å². The fourth-order valence-corrected chi connectivity index (χ4v) is 2.51. The highest BCUT2D eigenvalue weighted by Crippen LogP contribution is 2.34. The molecule has 4 nitrogen and oxygen atoms in total. The Morgan fingerprint density at radius 3 is 2.75 bits per heavy atom. The lowest BCUT2D eigenvalue weighted by Crippen LogP contribution is -2.24. The van der Waals surface area contributed by atoms with Crippen molar-refractivity contribution < 1.29 is 8.78 Å². The van der Waals surface area contributed by atoms with Crippen LogP contribution in [0.5, 0.6) is 0 Å². The first kappa shape index (κ1) is 12.9. The highest BCUT2D eigenvalue weighted by molar-refractivity contribution is 5.79. The van der Waals surface area contributed by atoms with E-state index in [1.54, 1.807) is 27.9 Å². The molecule has 6 heteroatoms. The number of benzene rings is 1. The lowest BCUT2D eigenvalue weighted by atomic mass is 10.1. The molecule has 0 unspecified atom stereocenters. The topological polar surface area (TPSA) is 47.1 Å². The van der Waals surface area contributed by atoms with Gasteiger partial charge in [-0.1, -0.05) is 0 Å². The molecule has 0 bridgehead atoms. The first-order valence-corrected chi connectivity index (χ1v) is 6.46. The number of halogens is 2. The predicted molar refractivity (Wildman–Crippen MR) is 74.8 cm³/mol. The molecule has 1 aliphatic rings. The van der Waals surface area contributed by atoms with Gasteiger partial charge in [-0.25, -0.2) is 8.78 Å². The van der Waals surface area contributed by atoms with Crippen molar-refractivity contribution in [2.45, 2.75) is 12.3 Å². The number of nitrogens with two attached hydrogens (primary N) is 1. The second-order valence-corrected chi connectivity index (χ2v) is 5.20. The minimum atomic E-state index is -2.60. The van der Waals surface area contributed by atoms with E-state index in [0.717, 1.165) is 16.8 Å². The molecule has 106 valence electrons. The summed E-state index contributed by atoms with van der Waals surface area (Å²) in [5.74, 6) is -2.60. The summed E-state index contributed by atoms with van der Waals surface area (Å²) in [5.41, 5.74) is 9.08. The Labute approximate surface area is 115 Å². The summed E-state index contributed by atoms with van der Waals surface area (Å²) >= 11 is 0. The van der Waals surface area contributed by atoms with Crippen molar-refractivity contribution in [3.05, 3.63) is 30.6 Å². The third kappa shape index (κ3) is 2.33. The molecule has 0 spiro atoms. The van der Waals surface area contributed by atoms with E-state index in [1.807, 2.05) is 19.3 Å². The van der Waals surface area contributed by atoms with E-state index in [-0.39, 0.29) is 13.0 Å². The van der Waals surface area contributed by atoms with Gasteiger partial charge in [0.2, 0.25) is 0 Å². The van der Waals surface area contributed by atoms with Crippen molar-refractivity contribution in [1.82, 2.24) is 9.78 Å². The van der Waals surface area contributed by atoms with Gasteiger partial charge in [0.1, 0.15) is 0 Å². The summed E-state index contributed by atoms with van der Waals surface area (Å²) < 4.78 is 28.3. The number of anilines is 2. The third-order valence-corrected chi connectivity index (χ3v) is 3.59. The molecule has 1 aliphatic heterocycles. The van der Waals surface area contributed by atoms with Crippen LogP contribution in [0.2, 0.25) is 0 Å². The van der Waals surface area contributed by atoms with Crippen molar-refractivity contribution in [2.24, 2.45) is 7.05 Å². The monoisotopic (exact) mass is 278 g/mol. The van der Waals surface area contributed by atoms with E-state index in [2.05, 4.69) is 5.10 Å². The molecule has 1 aromatic carbocycles. The molecule has 3 rings (SSSR count). The van der Waals surface area contributed by atoms with Crippen LogP contribution < -0.4 is 10.6 Å². The Bertz CT molecular complexity index is 636. The first-order chi connectivity index (χ1) is 9.44. The molecular formula is C14H16F2N4. The summed E-state index contributed by atoms with van der Waals surface area (Å²) in [6, 6.07) is 5.40. The van der Waals surface area contributed by atoms with Gasteiger partial charge < -0.3 is 10.6 Å². The van der Waals surface area contributed by atoms with E-state index < -0.39 is 5.92 Å². The van der Waals surface area contributed by atoms with Crippen LogP contribution in [-0.4, -0.2) is 28.8 Å². The zero-order chi connectivity index (χ0) is 14.3. The number of aryl methyl sites for hydroxylation is 1. The number of alkyl halides is 2. The first-order valence-electron chi connectivity index (χ1n) is 6.46. The van der Waals surface area contributed by atoms with Gasteiger partial charge in [-0.15, -0.1) is 0 Å². The molecule has 2 N–H and O–H groups in total. The van der Waals surface area contributed by atoms with Crippen LogP contribution in [0.3, 0.4) is 0 Å². The van der Waals surface area contributed by atoms with Crippen LogP contribution in [0.1, 0.15) is 6.42 Å². The smallest absolute Gasteiger partial charge is 0.266 e. The van der Waals surface area contributed by atoms with Crippen molar-refractivity contribution >= 4 is 11.4 Å². The second-order valence-electron chi connectivity index (χ2n) is 5.20. The van der Waals surface area contributed by atoms with E-state index >= 15 is 0 Å². The second kappa shape index (κ2) is 4.47. The molecule has 0 saturated carbocycles. The number of hydrogen-bond donors (Lipinski definition) is 1. The molecule has 2 heterocycles. The highest BCUT2D eigenvalue weighted by Gasteiger charge is 2.38. The van der Waals surface area contributed by atoms with Gasteiger partial charge in [-0.05, 0) is 18.2 Å². The number of aromatic nitrogens is 2. The molecule has 0 amide bonds. The maximum atomic E-state index is 13.3.